The Kier molecular flexibility index (Phi) is 7.65. The number of carbonyl (C=O) groups excluding carboxylic acids is 2. The molecule has 0 bridgehead atoms. The molecule has 3 aromatic rings. The minimum Gasteiger partial charge on any atom is -0.461 e. The number of benzene rings is 2. The number of carbonyl (C=O) groups is 2. The van der Waals surface area contributed by atoms with Gasteiger partial charge in [-0.25, -0.2) is 9.59 Å². The van der Waals surface area contributed by atoms with Crippen molar-refractivity contribution in [1.29, 1.82) is 0 Å². The Labute approximate surface area is 192 Å². The van der Waals surface area contributed by atoms with E-state index in [1.807, 2.05) is 24.3 Å². The third-order valence-electron chi connectivity index (χ3n) is 4.35. The second-order valence-corrected chi connectivity index (χ2v) is 7.27. The summed E-state index contributed by atoms with van der Waals surface area (Å²) in [5, 5.41) is 0. The van der Waals surface area contributed by atoms with E-state index in [2.05, 4.69) is 13.2 Å². The summed E-state index contributed by atoms with van der Waals surface area (Å²) in [6.45, 7) is 10.6. The molecule has 0 aliphatic rings. The molecule has 0 saturated heterocycles. The molecule has 0 saturated carbocycles. The first kappa shape index (κ1) is 23.3. The van der Waals surface area contributed by atoms with Crippen LogP contribution in [0.2, 0.25) is 0 Å². The first-order valence-corrected chi connectivity index (χ1v) is 10.2. The molecule has 0 N–H and O–H groups in total. The van der Waals surface area contributed by atoms with Crippen molar-refractivity contribution in [3.63, 3.8) is 0 Å². The van der Waals surface area contributed by atoms with Crippen LogP contribution in [0.1, 0.15) is 19.4 Å². The number of hydrogen-bond donors (Lipinski definition) is 0. The zero-order valence-corrected chi connectivity index (χ0v) is 18.5. The molecule has 0 amide bonds. The fourth-order valence-electron chi connectivity index (χ4n) is 2.59. The van der Waals surface area contributed by atoms with Gasteiger partial charge in [0.2, 0.25) is 0 Å². The van der Waals surface area contributed by atoms with Crippen LogP contribution in [0.5, 0.6) is 17.4 Å². The Morgan fingerprint density at radius 1 is 0.818 bits per heavy atom. The monoisotopic (exact) mass is 444 g/mol. The first-order chi connectivity index (χ1) is 15.8. The van der Waals surface area contributed by atoms with Gasteiger partial charge in [-0.3, -0.25) is 0 Å². The van der Waals surface area contributed by atoms with Crippen LogP contribution in [0.25, 0.3) is 17.4 Å². The lowest BCUT2D eigenvalue weighted by Crippen LogP contribution is -2.07. The lowest BCUT2D eigenvalue weighted by molar-refractivity contribution is -0.130. The molecule has 168 valence electrons. The molecule has 0 aliphatic heterocycles. The summed E-state index contributed by atoms with van der Waals surface area (Å²) in [6.07, 6.45) is 3.74. The quantitative estimate of drug-likeness (QED) is 0.229. The standard InChI is InChI=1S/C27H24O6/c1-18(2)26(28)31-22-11-7-20(8-12-22)6-5-17-30-25-16-15-24(33-25)21-9-13-23(14-10-21)32-27(29)19(3)4/h5-16H,1,3,17H2,2,4H3. The number of esters is 2. The van der Waals surface area contributed by atoms with Gasteiger partial charge in [-0.05, 0) is 68.0 Å². The van der Waals surface area contributed by atoms with E-state index in [-0.39, 0.29) is 0 Å². The van der Waals surface area contributed by atoms with Gasteiger partial charge in [0.15, 0.2) is 0 Å². The molecule has 6 heteroatoms. The maximum absolute atomic E-state index is 11.6. The van der Waals surface area contributed by atoms with Gasteiger partial charge >= 0.3 is 11.9 Å². The highest BCUT2D eigenvalue weighted by Gasteiger charge is 2.08. The average molecular weight is 444 g/mol. The van der Waals surface area contributed by atoms with Crippen molar-refractivity contribution >= 4 is 18.0 Å². The van der Waals surface area contributed by atoms with E-state index in [0.29, 0.717) is 41.0 Å². The summed E-state index contributed by atoms with van der Waals surface area (Å²) in [4.78, 5) is 23.1. The van der Waals surface area contributed by atoms with Crippen LogP contribution in [0.4, 0.5) is 0 Å². The van der Waals surface area contributed by atoms with E-state index in [0.717, 1.165) is 11.1 Å². The van der Waals surface area contributed by atoms with Crippen molar-refractivity contribution in [3.05, 3.63) is 96.6 Å². The van der Waals surface area contributed by atoms with Gasteiger partial charge in [0.05, 0.1) is 0 Å². The highest BCUT2D eigenvalue weighted by Crippen LogP contribution is 2.28. The third-order valence-corrected chi connectivity index (χ3v) is 4.35. The molecule has 33 heavy (non-hydrogen) atoms. The largest absolute Gasteiger partial charge is 0.461 e. The normalized spacial score (nSPS) is 10.6. The van der Waals surface area contributed by atoms with Crippen LogP contribution in [0.3, 0.4) is 0 Å². The first-order valence-electron chi connectivity index (χ1n) is 10.2. The smallest absolute Gasteiger partial charge is 0.338 e. The predicted molar refractivity (Wildman–Crippen MR) is 126 cm³/mol. The van der Waals surface area contributed by atoms with Gasteiger partial charge < -0.3 is 18.6 Å². The zero-order chi connectivity index (χ0) is 23.8. The molecule has 3 rings (SSSR count). The van der Waals surface area contributed by atoms with Crippen molar-refractivity contribution in [2.75, 3.05) is 6.61 Å². The second kappa shape index (κ2) is 10.8. The Morgan fingerprint density at radius 2 is 1.36 bits per heavy atom. The van der Waals surface area contributed by atoms with E-state index in [4.69, 9.17) is 18.6 Å². The SMILES string of the molecule is C=C(C)C(=O)Oc1ccc(C=CCOc2ccc(-c3ccc(OC(=O)C(=C)C)cc3)o2)cc1. The fraction of sp³-hybridized carbons (Fsp3) is 0.111. The van der Waals surface area contributed by atoms with Gasteiger partial charge in [0.1, 0.15) is 23.9 Å². The van der Waals surface area contributed by atoms with Crippen LogP contribution in [-0.4, -0.2) is 18.5 Å². The van der Waals surface area contributed by atoms with E-state index >= 15 is 0 Å². The van der Waals surface area contributed by atoms with Gasteiger partial charge in [-0.15, -0.1) is 0 Å². The average Bonchev–Trinajstić information content (AvgIpc) is 3.27. The predicted octanol–water partition coefficient (Wildman–Crippen LogP) is 6.00. The summed E-state index contributed by atoms with van der Waals surface area (Å²) in [7, 11) is 0. The maximum atomic E-state index is 11.6. The molecular formula is C27H24O6. The Bertz CT molecular complexity index is 1180. The molecule has 2 aromatic carbocycles. The van der Waals surface area contributed by atoms with E-state index < -0.39 is 11.9 Å². The van der Waals surface area contributed by atoms with Crippen molar-refractivity contribution < 1.29 is 28.2 Å². The lowest BCUT2D eigenvalue weighted by atomic mass is 10.2. The summed E-state index contributed by atoms with van der Waals surface area (Å²) in [6, 6.07) is 17.6. The number of hydrogen-bond acceptors (Lipinski definition) is 6. The number of ether oxygens (including phenoxy) is 3. The molecule has 0 aliphatic carbocycles. The molecule has 1 aromatic heterocycles. The van der Waals surface area contributed by atoms with Crippen LogP contribution in [-0.2, 0) is 9.59 Å². The zero-order valence-electron chi connectivity index (χ0n) is 18.5. The van der Waals surface area contributed by atoms with Crippen molar-refractivity contribution in [2.45, 2.75) is 13.8 Å². The molecule has 0 atom stereocenters. The molecule has 0 radical (unpaired) electrons. The van der Waals surface area contributed by atoms with Crippen LogP contribution < -0.4 is 14.2 Å². The maximum Gasteiger partial charge on any atom is 0.338 e. The van der Waals surface area contributed by atoms with Gasteiger partial charge in [0.25, 0.3) is 5.95 Å². The number of furan rings is 1. The molecule has 6 nitrogen and oxygen atoms in total. The van der Waals surface area contributed by atoms with Crippen LogP contribution in [0, 0.1) is 0 Å². The van der Waals surface area contributed by atoms with Gasteiger partial charge in [0, 0.05) is 22.8 Å². The summed E-state index contributed by atoms with van der Waals surface area (Å²) < 4.78 is 21.7. The summed E-state index contributed by atoms with van der Waals surface area (Å²) >= 11 is 0. The minimum atomic E-state index is -0.466. The van der Waals surface area contributed by atoms with Crippen molar-refractivity contribution in [2.24, 2.45) is 0 Å². The topological polar surface area (TPSA) is 75.0 Å². The van der Waals surface area contributed by atoms with Crippen LogP contribution in [0.15, 0.2) is 95.5 Å². The Morgan fingerprint density at radius 3 is 1.91 bits per heavy atom. The molecule has 0 unspecified atom stereocenters. The summed E-state index contributed by atoms with van der Waals surface area (Å²) in [5.41, 5.74) is 2.43. The molecular weight excluding hydrogens is 420 g/mol. The van der Waals surface area contributed by atoms with E-state index in [1.54, 1.807) is 62.4 Å². The van der Waals surface area contributed by atoms with Crippen molar-refractivity contribution in [3.8, 4) is 28.8 Å². The fourth-order valence-corrected chi connectivity index (χ4v) is 2.59. The highest BCUT2D eigenvalue weighted by atomic mass is 16.6. The lowest BCUT2D eigenvalue weighted by Gasteiger charge is -2.04. The molecule has 0 fully saturated rings. The van der Waals surface area contributed by atoms with Gasteiger partial charge in [-0.2, -0.15) is 0 Å². The minimum absolute atomic E-state index is 0.315. The number of rotatable bonds is 9. The van der Waals surface area contributed by atoms with Gasteiger partial charge in [-0.1, -0.05) is 31.4 Å². The Hall–Kier alpha value is -4.32. The molecule has 0 spiro atoms. The molecule has 1 heterocycles. The van der Waals surface area contributed by atoms with Crippen LogP contribution >= 0.6 is 0 Å². The Balaban J connectivity index is 1.50. The second-order valence-electron chi connectivity index (χ2n) is 7.27. The highest BCUT2D eigenvalue weighted by molar-refractivity contribution is 5.89. The van der Waals surface area contributed by atoms with E-state index in [9.17, 15) is 9.59 Å². The third kappa shape index (κ3) is 6.83. The van der Waals surface area contributed by atoms with E-state index in [1.165, 1.54) is 0 Å². The summed E-state index contributed by atoms with van der Waals surface area (Å²) in [5.74, 6) is 0.989. The van der Waals surface area contributed by atoms with Crippen molar-refractivity contribution in [1.82, 2.24) is 0 Å².